The number of aryl methyl sites for hydroxylation is 1. The Morgan fingerprint density at radius 2 is 2.29 bits per heavy atom. The van der Waals surface area contributed by atoms with Gasteiger partial charge < -0.3 is 0 Å². The average molecular weight is 206 g/mol. The number of rotatable bonds is 0. The van der Waals surface area contributed by atoms with Gasteiger partial charge in [0.25, 0.3) is 0 Å². The first-order valence-corrected chi connectivity index (χ1v) is 5.09. The smallest absolute Gasteiger partial charge is 0.194 e. The van der Waals surface area contributed by atoms with E-state index in [4.69, 9.17) is 0 Å². The van der Waals surface area contributed by atoms with Crippen molar-refractivity contribution in [3.05, 3.63) is 35.9 Å². The van der Waals surface area contributed by atoms with Gasteiger partial charge in [0.05, 0.1) is 15.9 Å². The van der Waals surface area contributed by atoms with Crippen LogP contribution in [0.3, 0.4) is 0 Å². The molecule has 0 unspecified atom stereocenters. The Hall–Kier alpha value is -1.42. The van der Waals surface area contributed by atoms with Gasteiger partial charge in [0.15, 0.2) is 4.96 Å². The summed E-state index contributed by atoms with van der Waals surface area (Å²) in [6.45, 7) is 1.95. The summed E-state index contributed by atoms with van der Waals surface area (Å²) < 4.78 is 15.9. The van der Waals surface area contributed by atoms with Gasteiger partial charge >= 0.3 is 0 Å². The van der Waals surface area contributed by atoms with Gasteiger partial charge in [-0.05, 0) is 25.1 Å². The van der Waals surface area contributed by atoms with Crippen molar-refractivity contribution in [3.63, 3.8) is 0 Å². The van der Waals surface area contributed by atoms with E-state index in [1.807, 2.05) is 17.5 Å². The monoisotopic (exact) mass is 206 g/mol. The third-order valence-electron chi connectivity index (χ3n) is 2.18. The Bertz CT molecular complexity index is 620. The van der Waals surface area contributed by atoms with E-state index in [1.165, 1.54) is 17.4 Å². The van der Waals surface area contributed by atoms with E-state index in [2.05, 4.69) is 4.98 Å². The zero-order valence-electron chi connectivity index (χ0n) is 7.49. The highest BCUT2D eigenvalue weighted by Gasteiger charge is 2.06. The lowest BCUT2D eigenvalue weighted by atomic mass is 10.3. The lowest BCUT2D eigenvalue weighted by Gasteiger charge is -1.90. The van der Waals surface area contributed by atoms with Crippen LogP contribution in [0.15, 0.2) is 24.4 Å². The molecular weight excluding hydrogens is 199 g/mol. The predicted molar refractivity (Wildman–Crippen MR) is 55.3 cm³/mol. The number of aromatic nitrogens is 2. The standard InChI is InChI=1S/C10H7FN2S/c1-6-5-13-8-3-2-7(11)4-9(8)14-10(13)12-6/h2-5H,1H3. The largest absolute Gasteiger partial charge is 0.290 e. The first-order valence-electron chi connectivity index (χ1n) is 4.28. The third kappa shape index (κ3) is 0.974. The molecule has 0 radical (unpaired) electrons. The van der Waals surface area contributed by atoms with Crippen LogP contribution in [0.2, 0.25) is 0 Å². The molecule has 0 spiro atoms. The highest BCUT2D eigenvalue weighted by molar-refractivity contribution is 7.23. The molecule has 2 nitrogen and oxygen atoms in total. The van der Waals surface area contributed by atoms with Gasteiger partial charge in [-0.3, -0.25) is 4.40 Å². The minimum absolute atomic E-state index is 0.196. The fraction of sp³-hybridized carbons (Fsp3) is 0.100. The Labute approximate surface area is 83.6 Å². The molecule has 0 aliphatic rings. The summed E-state index contributed by atoms with van der Waals surface area (Å²) in [5.41, 5.74) is 2.01. The molecule has 0 atom stereocenters. The van der Waals surface area contributed by atoms with E-state index >= 15 is 0 Å². The zero-order chi connectivity index (χ0) is 9.71. The second-order valence-corrected chi connectivity index (χ2v) is 4.26. The molecule has 0 fully saturated rings. The van der Waals surface area contributed by atoms with Crippen LogP contribution in [0, 0.1) is 12.7 Å². The summed E-state index contributed by atoms with van der Waals surface area (Å²) in [5, 5.41) is 0. The molecule has 1 aromatic carbocycles. The normalized spacial score (nSPS) is 11.6. The van der Waals surface area contributed by atoms with Gasteiger partial charge in [-0.1, -0.05) is 11.3 Å². The minimum atomic E-state index is -0.196. The highest BCUT2D eigenvalue weighted by Crippen LogP contribution is 2.26. The molecule has 0 N–H and O–H groups in total. The quantitative estimate of drug-likeness (QED) is 0.552. The number of hydrogen-bond acceptors (Lipinski definition) is 2. The van der Waals surface area contributed by atoms with E-state index < -0.39 is 0 Å². The van der Waals surface area contributed by atoms with Crippen LogP contribution >= 0.6 is 11.3 Å². The highest BCUT2D eigenvalue weighted by atomic mass is 32.1. The number of thiazole rings is 1. The van der Waals surface area contributed by atoms with Crippen molar-refractivity contribution in [2.45, 2.75) is 6.92 Å². The number of halogens is 1. The van der Waals surface area contributed by atoms with Crippen LogP contribution in [0.1, 0.15) is 5.69 Å². The van der Waals surface area contributed by atoms with E-state index in [9.17, 15) is 4.39 Å². The van der Waals surface area contributed by atoms with Crippen molar-refractivity contribution < 1.29 is 4.39 Å². The second kappa shape index (κ2) is 2.54. The lowest BCUT2D eigenvalue weighted by molar-refractivity contribution is 0.630. The molecule has 0 saturated heterocycles. The van der Waals surface area contributed by atoms with Gasteiger partial charge in [0.1, 0.15) is 5.82 Å². The maximum Gasteiger partial charge on any atom is 0.194 e. The first-order chi connectivity index (χ1) is 6.74. The van der Waals surface area contributed by atoms with Crippen molar-refractivity contribution in [2.24, 2.45) is 0 Å². The van der Waals surface area contributed by atoms with Crippen LogP contribution < -0.4 is 0 Å². The molecule has 2 aromatic heterocycles. The predicted octanol–water partition coefficient (Wildman–Crippen LogP) is 3.00. The summed E-state index contributed by atoms with van der Waals surface area (Å²) in [6.07, 6.45) is 1.96. The second-order valence-electron chi connectivity index (χ2n) is 3.25. The Morgan fingerprint density at radius 3 is 3.14 bits per heavy atom. The van der Waals surface area contributed by atoms with Crippen LogP contribution in [0.5, 0.6) is 0 Å². The molecule has 0 saturated carbocycles. The molecule has 0 amide bonds. The fourth-order valence-corrected chi connectivity index (χ4v) is 2.67. The van der Waals surface area contributed by atoms with E-state index in [0.717, 1.165) is 20.9 Å². The molecule has 0 aliphatic heterocycles. The average Bonchev–Trinajstić information content (AvgIpc) is 2.59. The molecule has 4 heteroatoms. The molecule has 70 valence electrons. The fourth-order valence-electron chi connectivity index (χ4n) is 1.59. The number of nitrogens with zero attached hydrogens (tertiary/aromatic N) is 2. The van der Waals surface area contributed by atoms with Gasteiger partial charge in [-0.15, -0.1) is 0 Å². The van der Waals surface area contributed by atoms with Gasteiger partial charge in [0, 0.05) is 6.20 Å². The van der Waals surface area contributed by atoms with E-state index in [0.29, 0.717) is 0 Å². The SMILES string of the molecule is Cc1cn2c(n1)sc1cc(F)ccc12. The van der Waals surface area contributed by atoms with Crippen molar-refractivity contribution in [3.8, 4) is 0 Å². The molecule has 2 heterocycles. The summed E-state index contributed by atoms with van der Waals surface area (Å²) in [5.74, 6) is -0.196. The molecule has 0 bridgehead atoms. The van der Waals surface area contributed by atoms with Crippen LogP contribution in [0.4, 0.5) is 4.39 Å². The van der Waals surface area contributed by atoms with Crippen LogP contribution in [0.25, 0.3) is 15.2 Å². The number of benzene rings is 1. The number of imidazole rings is 1. The number of fused-ring (bicyclic) bond motifs is 3. The first kappa shape index (κ1) is 7.94. The van der Waals surface area contributed by atoms with Crippen LogP contribution in [-0.4, -0.2) is 9.38 Å². The molecule has 3 rings (SSSR count). The summed E-state index contributed by atoms with van der Waals surface area (Å²) in [6, 6.07) is 4.81. The maximum atomic E-state index is 12.9. The Morgan fingerprint density at radius 1 is 1.43 bits per heavy atom. The van der Waals surface area contributed by atoms with Crippen molar-refractivity contribution in [2.75, 3.05) is 0 Å². The van der Waals surface area contributed by atoms with Crippen LogP contribution in [-0.2, 0) is 0 Å². The Balaban J connectivity index is 2.52. The summed E-state index contributed by atoms with van der Waals surface area (Å²) in [7, 11) is 0. The molecule has 0 aliphatic carbocycles. The van der Waals surface area contributed by atoms with Crippen molar-refractivity contribution >= 4 is 26.5 Å². The molecular formula is C10H7FN2S. The van der Waals surface area contributed by atoms with Crippen molar-refractivity contribution in [1.29, 1.82) is 0 Å². The van der Waals surface area contributed by atoms with Gasteiger partial charge in [-0.25, -0.2) is 9.37 Å². The minimum Gasteiger partial charge on any atom is -0.290 e. The van der Waals surface area contributed by atoms with Crippen molar-refractivity contribution in [1.82, 2.24) is 9.38 Å². The summed E-state index contributed by atoms with van der Waals surface area (Å²) >= 11 is 1.51. The maximum absolute atomic E-state index is 12.9. The molecule has 14 heavy (non-hydrogen) atoms. The lowest BCUT2D eigenvalue weighted by Crippen LogP contribution is -1.77. The third-order valence-corrected chi connectivity index (χ3v) is 3.19. The van der Waals surface area contributed by atoms with E-state index in [-0.39, 0.29) is 5.82 Å². The van der Waals surface area contributed by atoms with E-state index in [1.54, 1.807) is 12.1 Å². The summed E-state index contributed by atoms with van der Waals surface area (Å²) in [4.78, 5) is 5.26. The van der Waals surface area contributed by atoms with Gasteiger partial charge in [-0.2, -0.15) is 0 Å². The topological polar surface area (TPSA) is 17.3 Å². The number of hydrogen-bond donors (Lipinski definition) is 0. The molecule has 3 aromatic rings. The zero-order valence-corrected chi connectivity index (χ0v) is 8.31. The Kier molecular flexibility index (Phi) is 1.44. The van der Waals surface area contributed by atoms with Gasteiger partial charge in [0.2, 0.25) is 0 Å².